The van der Waals surface area contributed by atoms with Crippen LogP contribution in [0, 0.1) is 0 Å². The van der Waals surface area contributed by atoms with Crippen LogP contribution in [-0.2, 0) is 14.3 Å². The van der Waals surface area contributed by atoms with E-state index in [1.54, 1.807) is 46.1 Å². The van der Waals surface area contributed by atoms with Crippen molar-refractivity contribution in [3.63, 3.8) is 0 Å². The van der Waals surface area contributed by atoms with Gasteiger partial charge in [0, 0.05) is 12.5 Å². The first-order valence-electron chi connectivity index (χ1n) is 10.2. The van der Waals surface area contributed by atoms with Gasteiger partial charge in [0.15, 0.2) is 0 Å². The molecule has 0 saturated heterocycles. The van der Waals surface area contributed by atoms with Crippen molar-refractivity contribution in [3.8, 4) is 0 Å². The quantitative estimate of drug-likeness (QED) is 0.309. The van der Waals surface area contributed by atoms with E-state index in [1.807, 2.05) is 0 Å². The summed E-state index contributed by atoms with van der Waals surface area (Å²) in [6, 6.07) is 8.34. The van der Waals surface area contributed by atoms with Crippen LogP contribution in [0.1, 0.15) is 77.9 Å². The second kappa shape index (κ2) is 16.8. The van der Waals surface area contributed by atoms with E-state index in [4.69, 9.17) is 5.11 Å². The van der Waals surface area contributed by atoms with Crippen LogP contribution in [0.25, 0.3) is 0 Å². The second-order valence-electron chi connectivity index (χ2n) is 6.80. The fourth-order valence-electron chi connectivity index (χ4n) is 2.71. The SMILES string of the molecule is CC(=O)OC(C(=O)O)c1ccccc1.CCC[CH2][Ge]([CH2]CCC)[CH2]CCC. The van der Waals surface area contributed by atoms with Crippen LogP contribution >= 0.6 is 0 Å². The number of carbonyl (C=O) groups is 2. The maximum absolute atomic E-state index is 10.8. The number of benzene rings is 1. The number of unbranched alkanes of at least 4 members (excludes halogenated alkanes) is 3. The molecule has 0 aliphatic rings. The summed E-state index contributed by atoms with van der Waals surface area (Å²) in [6.07, 6.45) is 7.57. The van der Waals surface area contributed by atoms with E-state index >= 15 is 0 Å². The van der Waals surface area contributed by atoms with Crippen LogP contribution in [0.3, 0.4) is 0 Å². The molecule has 1 aromatic carbocycles. The van der Waals surface area contributed by atoms with E-state index in [2.05, 4.69) is 25.5 Å². The summed E-state index contributed by atoms with van der Waals surface area (Å²) < 4.78 is 4.66. The van der Waals surface area contributed by atoms with Crippen LogP contribution in [0.5, 0.6) is 0 Å². The zero-order valence-electron chi connectivity index (χ0n) is 17.5. The van der Waals surface area contributed by atoms with E-state index in [0.717, 1.165) is 0 Å². The second-order valence-corrected chi connectivity index (χ2v) is 13.1. The van der Waals surface area contributed by atoms with E-state index in [-0.39, 0.29) is 0 Å². The molecule has 0 fully saturated rings. The van der Waals surface area contributed by atoms with E-state index in [9.17, 15) is 9.59 Å². The first-order chi connectivity index (χ1) is 13.0. The molecule has 27 heavy (non-hydrogen) atoms. The number of carboxylic acid groups (broad SMARTS) is 1. The Morgan fingerprint density at radius 3 is 1.70 bits per heavy atom. The summed E-state index contributed by atoms with van der Waals surface area (Å²) >= 11 is -0.552. The summed E-state index contributed by atoms with van der Waals surface area (Å²) in [5, 5.41) is 13.7. The zero-order chi connectivity index (χ0) is 20.5. The van der Waals surface area contributed by atoms with Gasteiger partial charge in [-0.1, -0.05) is 30.3 Å². The van der Waals surface area contributed by atoms with Crippen molar-refractivity contribution in [2.45, 2.75) is 88.1 Å². The zero-order valence-corrected chi connectivity index (χ0v) is 19.6. The third kappa shape index (κ3) is 13.5. The molecule has 0 spiro atoms. The first-order valence-corrected chi connectivity index (χ1v) is 14.7. The summed E-state index contributed by atoms with van der Waals surface area (Å²) in [5.41, 5.74) is 0.454. The summed E-state index contributed by atoms with van der Waals surface area (Å²) in [4.78, 5) is 21.4. The van der Waals surface area contributed by atoms with Crippen LogP contribution in [0.4, 0.5) is 0 Å². The van der Waals surface area contributed by atoms with Gasteiger partial charge < -0.3 is 9.84 Å². The minimum absolute atomic E-state index is 0.454. The van der Waals surface area contributed by atoms with E-state index in [1.165, 1.54) is 45.4 Å². The fourth-order valence-corrected chi connectivity index (χ4v) is 9.66. The Kier molecular flexibility index (Phi) is 16.0. The van der Waals surface area contributed by atoms with Crippen molar-refractivity contribution >= 4 is 26.3 Å². The molecule has 0 heterocycles. The van der Waals surface area contributed by atoms with E-state index in [0.29, 0.717) is 5.56 Å². The number of hydrogen-bond donors (Lipinski definition) is 1. The molecule has 1 atom stereocenters. The molecule has 1 N–H and O–H groups in total. The summed E-state index contributed by atoms with van der Waals surface area (Å²) in [5.74, 6) is -1.78. The molecule has 153 valence electrons. The molecule has 0 aliphatic heterocycles. The molecule has 0 amide bonds. The maximum atomic E-state index is 10.8. The topological polar surface area (TPSA) is 63.6 Å². The Bertz CT molecular complexity index is 485. The predicted molar refractivity (Wildman–Crippen MR) is 113 cm³/mol. The van der Waals surface area contributed by atoms with Gasteiger partial charge in [-0.25, -0.2) is 4.79 Å². The van der Waals surface area contributed by atoms with Gasteiger partial charge in [0.25, 0.3) is 0 Å². The average Bonchev–Trinajstić information content (AvgIpc) is 2.66. The molecule has 0 aliphatic carbocycles. The van der Waals surface area contributed by atoms with Gasteiger partial charge in [0.2, 0.25) is 6.10 Å². The van der Waals surface area contributed by atoms with Gasteiger partial charge >= 0.3 is 101 Å². The molecule has 1 rings (SSSR count). The van der Waals surface area contributed by atoms with Gasteiger partial charge in [-0.3, -0.25) is 4.79 Å². The van der Waals surface area contributed by atoms with Crippen molar-refractivity contribution in [3.05, 3.63) is 35.9 Å². The van der Waals surface area contributed by atoms with Crippen molar-refractivity contribution < 1.29 is 19.4 Å². The monoisotopic (exact) mass is 439 g/mol. The van der Waals surface area contributed by atoms with E-state index < -0.39 is 32.4 Å². The summed E-state index contributed by atoms with van der Waals surface area (Å²) in [7, 11) is 0. The molecule has 0 bridgehead atoms. The molecule has 4 nitrogen and oxygen atoms in total. The molecule has 1 radical (unpaired) electrons. The number of aliphatic carboxylic acids is 1. The molecular formula is C22H37GeO4. The number of rotatable bonds is 12. The van der Waals surface area contributed by atoms with Crippen molar-refractivity contribution in [2.24, 2.45) is 0 Å². The average molecular weight is 438 g/mol. The first kappa shape index (κ1) is 25.7. The van der Waals surface area contributed by atoms with Gasteiger partial charge in [-0.2, -0.15) is 0 Å². The van der Waals surface area contributed by atoms with Crippen molar-refractivity contribution in [1.29, 1.82) is 0 Å². The molecule has 1 aromatic rings. The van der Waals surface area contributed by atoms with Crippen molar-refractivity contribution in [2.75, 3.05) is 0 Å². The number of carbonyl (C=O) groups excluding carboxylic acids is 1. The Hall–Kier alpha value is -1.30. The van der Waals surface area contributed by atoms with Crippen molar-refractivity contribution in [1.82, 2.24) is 0 Å². The van der Waals surface area contributed by atoms with Crippen LogP contribution < -0.4 is 0 Å². The fraction of sp³-hybridized carbons (Fsp3) is 0.636. The number of carboxylic acids is 1. The van der Waals surface area contributed by atoms with Gasteiger partial charge in [-0.15, -0.1) is 0 Å². The minimum atomic E-state index is -1.21. The molecule has 1 unspecified atom stereocenters. The number of hydrogen-bond acceptors (Lipinski definition) is 3. The Morgan fingerprint density at radius 2 is 1.37 bits per heavy atom. The van der Waals surface area contributed by atoms with Crippen LogP contribution in [0.15, 0.2) is 30.3 Å². The Balaban J connectivity index is 0.000000503. The summed E-state index contributed by atoms with van der Waals surface area (Å²) in [6.45, 7) is 8.17. The molecular weight excluding hydrogens is 401 g/mol. The van der Waals surface area contributed by atoms with Gasteiger partial charge in [0.05, 0.1) is 0 Å². The third-order valence-electron chi connectivity index (χ3n) is 4.26. The normalized spacial score (nSPS) is 11.4. The van der Waals surface area contributed by atoms with Crippen LogP contribution in [-0.4, -0.2) is 31.4 Å². The standard InChI is InChI=1S/C12H27Ge.C10H10O4/c1-4-7-10-13(11-8-5-2)12-9-6-3;1-7(11)14-9(10(12)13)8-5-3-2-4-6-8/h4-12H2,1-3H3;2-6,9H,1H3,(H,12,13). The number of ether oxygens (including phenoxy) is 1. The molecule has 0 saturated carbocycles. The van der Waals surface area contributed by atoms with Gasteiger partial charge in [-0.05, 0) is 0 Å². The number of esters is 1. The van der Waals surface area contributed by atoms with Gasteiger partial charge in [0.1, 0.15) is 0 Å². The van der Waals surface area contributed by atoms with Crippen LogP contribution in [0.2, 0.25) is 15.8 Å². The predicted octanol–water partition coefficient (Wildman–Crippen LogP) is 6.26. The Morgan fingerprint density at radius 1 is 0.926 bits per heavy atom. The Labute approximate surface area is 169 Å². The third-order valence-corrected chi connectivity index (χ3v) is 10.9. The molecule has 0 aromatic heterocycles. The molecule has 5 heteroatoms.